The molecule has 0 aliphatic heterocycles. The second-order valence-corrected chi connectivity index (χ2v) is 3.64. The molecule has 19 heavy (non-hydrogen) atoms. The Morgan fingerprint density at radius 1 is 1.21 bits per heavy atom. The van der Waals surface area contributed by atoms with Gasteiger partial charge in [0.25, 0.3) is 5.91 Å². The minimum Gasteiger partial charge on any atom is -0.322 e. The Bertz CT molecular complexity index is 618. The molecule has 1 heterocycles. The monoisotopic (exact) mass is 264 g/mol. The van der Waals surface area contributed by atoms with Gasteiger partial charge in [0.1, 0.15) is 11.6 Å². The van der Waals surface area contributed by atoms with Crippen molar-refractivity contribution in [2.75, 3.05) is 10.7 Å². The fraction of sp³-hybridized carbons (Fsp3) is 0. The molecule has 0 saturated heterocycles. The van der Waals surface area contributed by atoms with E-state index in [4.69, 9.17) is 5.84 Å². The summed E-state index contributed by atoms with van der Waals surface area (Å²) in [7, 11) is 0. The highest BCUT2D eigenvalue weighted by molar-refractivity contribution is 6.07. The molecule has 98 valence electrons. The van der Waals surface area contributed by atoms with Gasteiger partial charge in [-0.05, 0) is 18.2 Å². The number of nitrogens with two attached hydrogens (primary N) is 1. The van der Waals surface area contributed by atoms with Gasteiger partial charge in [0.05, 0.1) is 23.1 Å². The number of anilines is 2. The van der Waals surface area contributed by atoms with Gasteiger partial charge in [-0.1, -0.05) is 0 Å². The molecular weight excluding hydrogens is 254 g/mol. The number of nitrogens with one attached hydrogen (secondary N) is 2. The normalized spacial score (nSPS) is 10.1. The van der Waals surface area contributed by atoms with Crippen molar-refractivity contribution in [2.24, 2.45) is 5.84 Å². The molecule has 0 atom stereocenters. The van der Waals surface area contributed by atoms with Gasteiger partial charge in [0.15, 0.2) is 0 Å². The highest BCUT2D eigenvalue weighted by Gasteiger charge is 2.13. The third-order valence-corrected chi connectivity index (χ3v) is 2.40. The van der Waals surface area contributed by atoms with E-state index in [2.05, 4.69) is 15.7 Å². The molecule has 2 aromatic rings. The van der Waals surface area contributed by atoms with Crippen molar-refractivity contribution in [3.05, 3.63) is 53.9 Å². The lowest BCUT2D eigenvalue weighted by atomic mass is 10.2. The van der Waals surface area contributed by atoms with Crippen molar-refractivity contribution in [3.63, 3.8) is 0 Å². The van der Waals surface area contributed by atoms with E-state index in [0.717, 1.165) is 12.1 Å². The largest absolute Gasteiger partial charge is 0.322 e. The zero-order chi connectivity index (χ0) is 13.8. The van der Waals surface area contributed by atoms with Crippen molar-refractivity contribution < 1.29 is 13.6 Å². The minimum absolute atomic E-state index is 0.119. The van der Waals surface area contributed by atoms with Gasteiger partial charge in [-0.2, -0.15) is 0 Å². The number of benzene rings is 1. The van der Waals surface area contributed by atoms with Crippen molar-refractivity contribution >= 4 is 17.3 Å². The standard InChI is InChI=1S/C12H10F2N4O/c13-7-1-2-10(9(14)5-7)17-12(19)8-3-4-16-6-11(8)18-15/h1-6,18H,15H2,(H,17,19). The molecule has 0 spiro atoms. The number of aromatic nitrogens is 1. The molecule has 7 heteroatoms. The Morgan fingerprint density at radius 2 is 2.00 bits per heavy atom. The number of carbonyl (C=O) groups is 1. The Kier molecular flexibility index (Phi) is 3.67. The third kappa shape index (κ3) is 2.83. The number of rotatable bonds is 3. The number of nitrogen functional groups attached to an aromatic ring is 1. The van der Waals surface area contributed by atoms with E-state index in [1.165, 1.54) is 18.5 Å². The van der Waals surface area contributed by atoms with E-state index >= 15 is 0 Å². The second kappa shape index (κ2) is 5.40. The highest BCUT2D eigenvalue weighted by atomic mass is 19.1. The first-order valence-electron chi connectivity index (χ1n) is 5.29. The molecule has 0 aliphatic rings. The number of hydrogen-bond acceptors (Lipinski definition) is 4. The number of hydrogen-bond donors (Lipinski definition) is 3. The van der Waals surface area contributed by atoms with Gasteiger partial charge >= 0.3 is 0 Å². The van der Waals surface area contributed by atoms with Crippen LogP contribution in [0.5, 0.6) is 0 Å². The number of nitrogens with zero attached hydrogens (tertiary/aromatic N) is 1. The van der Waals surface area contributed by atoms with Crippen molar-refractivity contribution in [1.29, 1.82) is 0 Å². The fourth-order valence-corrected chi connectivity index (χ4v) is 1.49. The van der Waals surface area contributed by atoms with E-state index in [1.54, 1.807) is 0 Å². The van der Waals surface area contributed by atoms with Crippen LogP contribution in [0.3, 0.4) is 0 Å². The van der Waals surface area contributed by atoms with Gasteiger partial charge < -0.3 is 10.7 Å². The predicted molar refractivity (Wildman–Crippen MR) is 66.4 cm³/mol. The molecule has 0 fully saturated rings. The second-order valence-electron chi connectivity index (χ2n) is 3.64. The van der Waals surface area contributed by atoms with Crippen LogP contribution in [-0.2, 0) is 0 Å². The van der Waals surface area contributed by atoms with Crippen LogP contribution in [0.1, 0.15) is 10.4 Å². The Hall–Kier alpha value is -2.54. The molecular formula is C12H10F2N4O. The van der Waals surface area contributed by atoms with Gasteiger partial charge in [-0.3, -0.25) is 15.6 Å². The SMILES string of the molecule is NNc1cnccc1C(=O)Nc1ccc(F)cc1F. The molecule has 0 saturated carbocycles. The van der Waals surface area contributed by atoms with E-state index in [0.29, 0.717) is 11.8 Å². The molecule has 0 bridgehead atoms. The summed E-state index contributed by atoms with van der Waals surface area (Å²) >= 11 is 0. The smallest absolute Gasteiger partial charge is 0.258 e. The third-order valence-electron chi connectivity index (χ3n) is 2.40. The average Bonchev–Trinajstić information content (AvgIpc) is 2.41. The molecule has 0 unspecified atom stereocenters. The molecule has 1 aromatic carbocycles. The first-order valence-corrected chi connectivity index (χ1v) is 5.29. The number of carbonyl (C=O) groups excluding carboxylic acids is 1. The lowest BCUT2D eigenvalue weighted by Crippen LogP contribution is -2.18. The first kappa shape index (κ1) is 12.9. The van der Waals surface area contributed by atoms with Crippen LogP contribution in [0.2, 0.25) is 0 Å². The first-order chi connectivity index (χ1) is 9.11. The fourth-order valence-electron chi connectivity index (χ4n) is 1.49. The Labute approximate surface area is 107 Å². The minimum atomic E-state index is -0.857. The van der Waals surface area contributed by atoms with Crippen LogP contribution < -0.4 is 16.6 Å². The van der Waals surface area contributed by atoms with Gasteiger partial charge in [0, 0.05) is 12.3 Å². The van der Waals surface area contributed by atoms with Gasteiger partial charge in [-0.15, -0.1) is 0 Å². The summed E-state index contributed by atoms with van der Waals surface area (Å²) < 4.78 is 26.1. The maximum atomic E-state index is 13.4. The molecule has 1 amide bonds. The van der Waals surface area contributed by atoms with Crippen molar-refractivity contribution in [3.8, 4) is 0 Å². The summed E-state index contributed by atoms with van der Waals surface area (Å²) in [5, 5.41) is 2.32. The van der Waals surface area contributed by atoms with Crippen LogP contribution in [0.15, 0.2) is 36.7 Å². The summed E-state index contributed by atoms with van der Waals surface area (Å²) in [5.74, 6) is 3.08. The molecule has 2 rings (SSSR count). The number of halogens is 2. The summed E-state index contributed by atoms with van der Waals surface area (Å²) in [5.41, 5.74) is 2.68. The summed E-state index contributed by atoms with van der Waals surface area (Å²) in [6.07, 6.45) is 2.76. The van der Waals surface area contributed by atoms with Gasteiger partial charge in [0.2, 0.25) is 0 Å². The number of amides is 1. The van der Waals surface area contributed by atoms with Gasteiger partial charge in [-0.25, -0.2) is 8.78 Å². The van der Waals surface area contributed by atoms with Crippen molar-refractivity contribution in [2.45, 2.75) is 0 Å². The van der Waals surface area contributed by atoms with Crippen LogP contribution >= 0.6 is 0 Å². The summed E-state index contributed by atoms with van der Waals surface area (Å²) in [4.78, 5) is 15.7. The Morgan fingerprint density at radius 3 is 2.68 bits per heavy atom. The summed E-state index contributed by atoms with van der Waals surface area (Å²) in [6.45, 7) is 0. The average molecular weight is 264 g/mol. The van der Waals surface area contributed by atoms with Crippen LogP contribution in [0.4, 0.5) is 20.2 Å². The quantitative estimate of drug-likeness (QED) is 0.584. The molecule has 0 radical (unpaired) electrons. The van der Waals surface area contributed by atoms with Crippen molar-refractivity contribution in [1.82, 2.24) is 4.98 Å². The van der Waals surface area contributed by atoms with Crippen LogP contribution in [0, 0.1) is 11.6 Å². The topological polar surface area (TPSA) is 80.0 Å². The molecule has 4 N–H and O–H groups in total. The van der Waals surface area contributed by atoms with E-state index < -0.39 is 17.5 Å². The van der Waals surface area contributed by atoms with Crippen LogP contribution in [0.25, 0.3) is 0 Å². The van der Waals surface area contributed by atoms with E-state index in [9.17, 15) is 13.6 Å². The zero-order valence-corrected chi connectivity index (χ0v) is 9.65. The predicted octanol–water partition coefficient (Wildman–Crippen LogP) is 1.90. The Balaban J connectivity index is 2.26. The molecule has 5 nitrogen and oxygen atoms in total. The molecule has 0 aliphatic carbocycles. The number of pyridine rings is 1. The maximum absolute atomic E-state index is 13.4. The van der Waals surface area contributed by atoms with E-state index in [1.807, 2.05) is 0 Å². The summed E-state index contributed by atoms with van der Waals surface area (Å²) in [6, 6.07) is 4.29. The lowest BCUT2D eigenvalue weighted by molar-refractivity contribution is 0.102. The van der Waals surface area contributed by atoms with Crippen LogP contribution in [-0.4, -0.2) is 10.9 Å². The lowest BCUT2D eigenvalue weighted by Gasteiger charge is -2.09. The number of hydrazine groups is 1. The molecule has 1 aromatic heterocycles. The van der Waals surface area contributed by atoms with E-state index in [-0.39, 0.29) is 11.3 Å². The maximum Gasteiger partial charge on any atom is 0.258 e. The zero-order valence-electron chi connectivity index (χ0n) is 9.65. The highest BCUT2D eigenvalue weighted by Crippen LogP contribution is 2.18.